The maximum Gasteiger partial charge on any atom is 0.442 e. The van der Waals surface area contributed by atoms with Gasteiger partial charge in [0.2, 0.25) is 0 Å². The minimum absolute atomic E-state index is 0.0752. The number of halogens is 3. The molecule has 0 amide bonds. The molecule has 1 aliphatic heterocycles. The van der Waals surface area contributed by atoms with Gasteiger partial charge < -0.3 is 4.74 Å². The molecule has 0 spiro atoms. The second-order valence-electron chi connectivity index (χ2n) is 5.83. The van der Waals surface area contributed by atoms with Crippen LogP contribution in [0, 0.1) is 0 Å². The van der Waals surface area contributed by atoms with E-state index >= 15 is 0 Å². The molecule has 6 heteroatoms. The molecule has 3 nitrogen and oxygen atoms in total. The van der Waals surface area contributed by atoms with E-state index in [1.807, 2.05) is 27.7 Å². The predicted octanol–water partition coefficient (Wildman–Crippen LogP) is 5.12. The Morgan fingerprint density at radius 1 is 1.05 bits per heavy atom. The molecule has 1 aliphatic rings. The summed E-state index contributed by atoms with van der Waals surface area (Å²) in [6, 6.07) is 3.17. The average Bonchev–Trinajstić information content (AvgIpc) is 3.17. The van der Waals surface area contributed by atoms with Gasteiger partial charge in [-0.3, -0.25) is 0 Å². The molecule has 1 aromatic carbocycles. The lowest BCUT2D eigenvalue weighted by atomic mass is 9.85. The third kappa shape index (κ3) is 2.40. The zero-order valence-electron chi connectivity index (χ0n) is 12.7. The molecule has 116 valence electrons. The van der Waals surface area contributed by atoms with Crippen LogP contribution in [0.1, 0.15) is 56.2 Å². The molecule has 2 rings (SSSR count). The van der Waals surface area contributed by atoms with Crippen molar-refractivity contribution in [2.24, 2.45) is 10.2 Å². The van der Waals surface area contributed by atoms with Crippen molar-refractivity contribution in [3.05, 3.63) is 28.8 Å². The zero-order valence-corrected chi connectivity index (χ0v) is 12.7. The van der Waals surface area contributed by atoms with E-state index in [1.54, 1.807) is 6.07 Å². The van der Waals surface area contributed by atoms with Crippen LogP contribution in [0.2, 0.25) is 0 Å². The lowest BCUT2D eigenvalue weighted by Crippen LogP contribution is -2.31. The smallest absolute Gasteiger partial charge is 0.442 e. The summed E-state index contributed by atoms with van der Waals surface area (Å²) in [5.41, 5.74) is -0.907. The Balaban J connectivity index is 2.69. The normalized spacial score (nSPS) is 16.7. The topological polar surface area (TPSA) is 34.0 Å². The van der Waals surface area contributed by atoms with E-state index in [0.717, 1.165) is 5.56 Å². The fourth-order valence-electron chi connectivity index (χ4n) is 2.60. The molecule has 0 saturated carbocycles. The number of rotatable bonds is 4. The Hall–Kier alpha value is -1.59. The van der Waals surface area contributed by atoms with E-state index in [1.165, 1.54) is 13.2 Å². The summed E-state index contributed by atoms with van der Waals surface area (Å²) in [6.45, 7) is 7.65. The van der Waals surface area contributed by atoms with Crippen molar-refractivity contribution in [1.29, 1.82) is 0 Å². The van der Waals surface area contributed by atoms with Crippen LogP contribution in [0.5, 0.6) is 5.75 Å². The Bertz CT molecular complexity index is 571. The molecular weight excluding hydrogens is 281 g/mol. The first-order valence-electron chi connectivity index (χ1n) is 6.87. The van der Waals surface area contributed by atoms with Crippen molar-refractivity contribution in [2.45, 2.75) is 51.4 Å². The summed E-state index contributed by atoms with van der Waals surface area (Å²) in [5.74, 6) is 0.540. The fourth-order valence-corrected chi connectivity index (χ4v) is 2.60. The maximum atomic E-state index is 13.3. The van der Waals surface area contributed by atoms with Crippen LogP contribution in [0.15, 0.2) is 22.4 Å². The Labute approximate surface area is 122 Å². The standard InChI is InChI=1S/C15H19F3N2O/c1-8(2)10-6-7-11(12(9(3)4)13(10)21-5)14(19-20-14)15(16,17)18/h6-9H,1-5H3. The average molecular weight is 300 g/mol. The molecule has 0 N–H and O–H groups in total. The molecule has 21 heavy (non-hydrogen) atoms. The maximum absolute atomic E-state index is 13.3. The van der Waals surface area contributed by atoms with E-state index in [2.05, 4.69) is 10.2 Å². The second kappa shape index (κ2) is 5.00. The number of methoxy groups -OCH3 is 1. The highest BCUT2D eigenvalue weighted by molar-refractivity contribution is 5.53. The molecule has 0 bridgehead atoms. The van der Waals surface area contributed by atoms with Gasteiger partial charge in [0.05, 0.1) is 7.11 Å². The van der Waals surface area contributed by atoms with Crippen LogP contribution >= 0.6 is 0 Å². The number of alkyl halides is 3. The summed E-state index contributed by atoms with van der Waals surface area (Å²) in [6.07, 6.45) is -4.53. The quantitative estimate of drug-likeness (QED) is 0.759. The van der Waals surface area contributed by atoms with E-state index in [4.69, 9.17) is 4.74 Å². The number of benzene rings is 1. The fraction of sp³-hybridized carbons (Fsp3) is 0.600. The third-order valence-electron chi connectivity index (χ3n) is 3.70. The van der Waals surface area contributed by atoms with Gasteiger partial charge in [0.25, 0.3) is 0 Å². The molecule has 0 unspecified atom stereocenters. The van der Waals surface area contributed by atoms with Gasteiger partial charge in [-0.05, 0) is 17.4 Å². The highest BCUT2D eigenvalue weighted by atomic mass is 19.4. The van der Waals surface area contributed by atoms with Crippen LogP contribution in [0.4, 0.5) is 13.2 Å². The molecule has 0 aliphatic carbocycles. The molecule has 1 heterocycles. The van der Waals surface area contributed by atoms with Crippen LogP contribution in [-0.2, 0) is 5.66 Å². The molecular formula is C15H19F3N2O. The van der Waals surface area contributed by atoms with Gasteiger partial charge in [0, 0.05) is 11.1 Å². The van der Waals surface area contributed by atoms with Gasteiger partial charge >= 0.3 is 11.8 Å². The highest BCUT2D eigenvalue weighted by Crippen LogP contribution is 2.55. The van der Waals surface area contributed by atoms with Gasteiger partial charge in [-0.25, -0.2) is 0 Å². The zero-order chi connectivity index (χ0) is 16.0. The molecule has 0 aromatic heterocycles. The van der Waals surface area contributed by atoms with Crippen LogP contribution in [0.3, 0.4) is 0 Å². The Morgan fingerprint density at radius 2 is 1.62 bits per heavy atom. The molecule has 1 aromatic rings. The second-order valence-corrected chi connectivity index (χ2v) is 5.83. The largest absolute Gasteiger partial charge is 0.496 e. The van der Waals surface area contributed by atoms with Crippen molar-refractivity contribution >= 4 is 0 Å². The summed E-state index contributed by atoms with van der Waals surface area (Å²) < 4.78 is 45.3. The van der Waals surface area contributed by atoms with E-state index < -0.39 is 11.8 Å². The van der Waals surface area contributed by atoms with E-state index in [0.29, 0.717) is 11.3 Å². The summed E-state index contributed by atoms with van der Waals surface area (Å²) >= 11 is 0. The number of hydrogen-bond acceptors (Lipinski definition) is 3. The van der Waals surface area contributed by atoms with Gasteiger partial charge in [-0.2, -0.15) is 13.2 Å². The SMILES string of the molecule is COc1c(C(C)C)ccc(C2(C(F)(F)F)N=N2)c1C(C)C. The van der Waals surface area contributed by atoms with Gasteiger partial charge in [0.1, 0.15) is 5.75 Å². The molecule has 0 saturated heterocycles. The van der Waals surface area contributed by atoms with Crippen molar-refractivity contribution in [1.82, 2.24) is 0 Å². The van der Waals surface area contributed by atoms with Crippen LogP contribution in [-0.4, -0.2) is 13.3 Å². The third-order valence-corrected chi connectivity index (χ3v) is 3.70. The van der Waals surface area contributed by atoms with Crippen LogP contribution < -0.4 is 4.74 Å². The van der Waals surface area contributed by atoms with Crippen molar-refractivity contribution < 1.29 is 17.9 Å². The minimum Gasteiger partial charge on any atom is -0.496 e. The lowest BCUT2D eigenvalue weighted by molar-refractivity contribution is -0.166. The lowest BCUT2D eigenvalue weighted by Gasteiger charge is -2.25. The van der Waals surface area contributed by atoms with Crippen molar-refractivity contribution in [3.63, 3.8) is 0 Å². The summed E-state index contributed by atoms with van der Waals surface area (Å²) in [7, 11) is 1.48. The summed E-state index contributed by atoms with van der Waals surface area (Å²) in [4.78, 5) is 0. The van der Waals surface area contributed by atoms with Gasteiger partial charge in [-0.1, -0.05) is 39.8 Å². The highest BCUT2D eigenvalue weighted by Gasteiger charge is 2.66. The first kappa shape index (κ1) is 15.8. The first-order chi connectivity index (χ1) is 9.65. The Morgan fingerprint density at radius 3 is 1.95 bits per heavy atom. The predicted molar refractivity (Wildman–Crippen MR) is 73.8 cm³/mol. The van der Waals surface area contributed by atoms with Gasteiger partial charge in [-0.15, -0.1) is 10.2 Å². The van der Waals surface area contributed by atoms with Crippen molar-refractivity contribution in [3.8, 4) is 5.75 Å². The Kier molecular flexibility index (Phi) is 3.76. The van der Waals surface area contributed by atoms with E-state index in [9.17, 15) is 13.2 Å². The van der Waals surface area contributed by atoms with Gasteiger partial charge in [0.15, 0.2) is 0 Å². The minimum atomic E-state index is -4.53. The summed E-state index contributed by atoms with van der Waals surface area (Å²) in [5, 5.41) is 6.63. The monoisotopic (exact) mass is 300 g/mol. The molecule has 0 fully saturated rings. The number of nitrogens with zero attached hydrogens (tertiary/aromatic N) is 2. The molecule has 0 radical (unpaired) electrons. The number of hydrogen-bond donors (Lipinski definition) is 0. The van der Waals surface area contributed by atoms with Crippen molar-refractivity contribution in [2.75, 3.05) is 7.11 Å². The molecule has 0 atom stereocenters. The first-order valence-corrected chi connectivity index (χ1v) is 6.87. The van der Waals surface area contributed by atoms with E-state index in [-0.39, 0.29) is 17.4 Å². The van der Waals surface area contributed by atoms with Crippen LogP contribution in [0.25, 0.3) is 0 Å². The number of ether oxygens (including phenoxy) is 1.